The number of nitrogens with one attached hydrogen (secondary N) is 1. The summed E-state index contributed by atoms with van der Waals surface area (Å²) in [6.45, 7) is 2.52. The molecule has 2 fully saturated rings. The van der Waals surface area contributed by atoms with Crippen molar-refractivity contribution in [3.8, 4) is 0 Å². The quantitative estimate of drug-likeness (QED) is 0.438. The minimum absolute atomic E-state index is 0.0491. The third-order valence-electron chi connectivity index (χ3n) is 6.75. The fraction of sp³-hybridized carbons (Fsp3) is 0.524. The van der Waals surface area contributed by atoms with Crippen molar-refractivity contribution in [1.82, 2.24) is 24.5 Å². The largest absolute Gasteiger partial charge is 0.417 e. The molecule has 0 bridgehead atoms. The zero-order valence-corrected chi connectivity index (χ0v) is 18.2. The van der Waals surface area contributed by atoms with Crippen LogP contribution in [0.4, 0.5) is 24.8 Å². The fourth-order valence-corrected chi connectivity index (χ4v) is 4.67. The van der Waals surface area contributed by atoms with Crippen LogP contribution in [0.25, 0.3) is 11.2 Å². The number of aliphatic hydroxyl groups is 3. The van der Waals surface area contributed by atoms with E-state index < -0.39 is 35.6 Å². The first-order valence-electron chi connectivity index (χ1n) is 10.9. The van der Waals surface area contributed by atoms with Gasteiger partial charge in [-0.3, -0.25) is 0 Å². The molecule has 5 rings (SSSR count). The molecule has 4 N–H and O–H groups in total. The highest BCUT2D eigenvalue weighted by Gasteiger charge is 2.51. The molecule has 182 valence electrons. The lowest BCUT2D eigenvalue weighted by atomic mass is 10.0. The third kappa shape index (κ3) is 3.83. The normalized spacial score (nSPS) is 29.8. The zero-order chi connectivity index (χ0) is 24.3. The lowest BCUT2D eigenvalue weighted by molar-refractivity contribution is -0.137. The number of imidazole rings is 1. The van der Waals surface area contributed by atoms with Gasteiger partial charge in [-0.15, -0.1) is 0 Å². The van der Waals surface area contributed by atoms with Gasteiger partial charge in [-0.25, -0.2) is 19.9 Å². The molecule has 5 atom stereocenters. The molecule has 0 aromatic carbocycles. The summed E-state index contributed by atoms with van der Waals surface area (Å²) >= 11 is 0. The van der Waals surface area contributed by atoms with E-state index >= 15 is 0 Å². The molecule has 0 radical (unpaired) electrons. The van der Waals surface area contributed by atoms with Crippen molar-refractivity contribution in [3.63, 3.8) is 0 Å². The maximum atomic E-state index is 12.8. The van der Waals surface area contributed by atoms with E-state index in [0.29, 0.717) is 42.3 Å². The van der Waals surface area contributed by atoms with Crippen molar-refractivity contribution >= 4 is 22.8 Å². The van der Waals surface area contributed by atoms with Crippen LogP contribution >= 0.6 is 0 Å². The summed E-state index contributed by atoms with van der Waals surface area (Å²) in [5.41, 5.74) is -1.51. The van der Waals surface area contributed by atoms with Gasteiger partial charge in [0.15, 0.2) is 11.5 Å². The van der Waals surface area contributed by atoms with Crippen LogP contribution in [0.15, 0.2) is 31.0 Å². The molecule has 2 aliphatic rings. The Balaban J connectivity index is 1.32. The van der Waals surface area contributed by atoms with Gasteiger partial charge >= 0.3 is 6.18 Å². The standard InChI is InChI=1S/C21H24F3N7O3/c1-20(34)14(32)6-13(17(20)33)31-10-28-16-18(26-9-27-19(16)31)29-12-4-5-30(8-12)15-3-2-11(7-25-15)21(22,23)24/h2-3,7,9-10,12-14,17,32-34H,4-6,8H2,1H3,(H,26,27,29)/t12-,13-,14-,17+,20-/m1/s1. The number of halogens is 3. The Hall–Kier alpha value is -3.03. The van der Waals surface area contributed by atoms with Crippen molar-refractivity contribution in [3.05, 3.63) is 36.5 Å². The van der Waals surface area contributed by atoms with Crippen LogP contribution in [0, 0.1) is 0 Å². The molecule has 1 saturated carbocycles. The number of aliphatic hydroxyl groups excluding tert-OH is 2. The third-order valence-corrected chi connectivity index (χ3v) is 6.75. The second-order valence-corrected chi connectivity index (χ2v) is 9.01. The van der Waals surface area contributed by atoms with E-state index in [-0.39, 0.29) is 12.5 Å². The first-order valence-corrected chi connectivity index (χ1v) is 10.9. The maximum absolute atomic E-state index is 12.8. The topological polar surface area (TPSA) is 132 Å². The summed E-state index contributed by atoms with van der Waals surface area (Å²) in [6.07, 6.45) is -2.16. The molecule has 0 unspecified atom stereocenters. The van der Waals surface area contributed by atoms with Crippen LogP contribution in [0.2, 0.25) is 0 Å². The van der Waals surface area contributed by atoms with Crippen molar-refractivity contribution in [2.45, 2.75) is 55.8 Å². The fourth-order valence-electron chi connectivity index (χ4n) is 4.67. The van der Waals surface area contributed by atoms with E-state index in [1.807, 2.05) is 4.90 Å². The Kier molecular flexibility index (Phi) is 5.37. The molecule has 13 heteroatoms. The molecule has 1 aliphatic heterocycles. The zero-order valence-electron chi connectivity index (χ0n) is 18.2. The minimum Gasteiger partial charge on any atom is -0.390 e. The number of pyridine rings is 1. The van der Waals surface area contributed by atoms with E-state index in [1.165, 1.54) is 25.6 Å². The summed E-state index contributed by atoms with van der Waals surface area (Å²) in [5, 5.41) is 34.3. The Bertz CT molecular complexity index is 1180. The average molecular weight is 479 g/mol. The van der Waals surface area contributed by atoms with Crippen molar-refractivity contribution in [1.29, 1.82) is 0 Å². The van der Waals surface area contributed by atoms with Gasteiger partial charge in [-0.05, 0) is 31.9 Å². The molecule has 34 heavy (non-hydrogen) atoms. The second kappa shape index (κ2) is 8.03. The van der Waals surface area contributed by atoms with Crippen molar-refractivity contribution in [2.24, 2.45) is 0 Å². The van der Waals surface area contributed by atoms with Gasteiger partial charge in [0.25, 0.3) is 0 Å². The number of hydrogen-bond donors (Lipinski definition) is 4. The number of alkyl halides is 3. The predicted molar refractivity (Wildman–Crippen MR) is 115 cm³/mol. The highest BCUT2D eigenvalue weighted by atomic mass is 19.4. The molecular weight excluding hydrogens is 455 g/mol. The Labute approximate surface area is 192 Å². The molecule has 0 spiro atoms. The summed E-state index contributed by atoms with van der Waals surface area (Å²) in [4.78, 5) is 18.8. The van der Waals surface area contributed by atoms with E-state index in [2.05, 4.69) is 25.3 Å². The number of nitrogens with zero attached hydrogens (tertiary/aromatic N) is 6. The van der Waals surface area contributed by atoms with Crippen LogP contribution in [-0.2, 0) is 6.18 Å². The second-order valence-electron chi connectivity index (χ2n) is 9.01. The first-order chi connectivity index (χ1) is 16.1. The van der Waals surface area contributed by atoms with Gasteiger partial charge in [0.1, 0.15) is 29.4 Å². The molecule has 1 aliphatic carbocycles. The number of hydrogen-bond acceptors (Lipinski definition) is 9. The lowest BCUT2D eigenvalue weighted by Crippen LogP contribution is -2.44. The van der Waals surface area contributed by atoms with E-state index in [0.717, 1.165) is 12.3 Å². The average Bonchev–Trinajstić information content (AvgIpc) is 3.48. The predicted octanol–water partition coefficient (Wildman–Crippen LogP) is 1.35. The van der Waals surface area contributed by atoms with Crippen LogP contribution in [-0.4, -0.2) is 76.8 Å². The van der Waals surface area contributed by atoms with Crippen molar-refractivity contribution < 1.29 is 28.5 Å². The molecule has 3 aromatic rings. The molecule has 3 aromatic heterocycles. The summed E-state index contributed by atoms with van der Waals surface area (Å²) < 4.78 is 40.0. The number of anilines is 2. The number of fused-ring (bicyclic) bond motifs is 1. The minimum atomic E-state index is -4.43. The lowest BCUT2D eigenvalue weighted by Gasteiger charge is -2.26. The van der Waals surface area contributed by atoms with E-state index in [4.69, 9.17) is 0 Å². The van der Waals surface area contributed by atoms with Gasteiger partial charge in [0.05, 0.1) is 24.0 Å². The van der Waals surface area contributed by atoms with Crippen LogP contribution in [0.3, 0.4) is 0 Å². The Morgan fingerprint density at radius 2 is 1.94 bits per heavy atom. The van der Waals surface area contributed by atoms with Gasteiger partial charge in [0.2, 0.25) is 0 Å². The number of rotatable bonds is 4. The van der Waals surface area contributed by atoms with Crippen molar-refractivity contribution in [2.75, 3.05) is 23.3 Å². The smallest absolute Gasteiger partial charge is 0.390 e. The first kappa shape index (κ1) is 22.7. The van der Waals surface area contributed by atoms with Gasteiger partial charge in [0, 0.05) is 25.3 Å². The summed E-state index contributed by atoms with van der Waals surface area (Å²) in [7, 11) is 0. The van der Waals surface area contributed by atoms with Gasteiger partial charge in [-0.1, -0.05) is 0 Å². The Morgan fingerprint density at radius 1 is 1.15 bits per heavy atom. The molecular formula is C21H24F3N7O3. The molecule has 1 saturated heterocycles. The summed E-state index contributed by atoms with van der Waals surface area (Å²) in [5.74, 6) is 0.950. The van der Waals surface area contributed by atoms with Gasteiger partial charge in [-0.2, -0.15) is 13.2 Å². The van der Waals surface area contributed by atoms with Gasteiger partial charge < -0.3 is 30.1 Å². The SMILES string of the molecule is C[C@@]1(O)[C@H](O)C[C@@H](n2cnc3c(N[C@@H]4CCN(c5ccc(C(F)(F)F)cn5)C4)ncnc32)[C@@H]1O. The maximum Gasteiger partial charge on any atom is 0.417 e. The molecule has 4 heterocycles. The van der Waals surface area contributed by atoms with E-state index in [9.17, 15) is 28.5 Å². The summed E-state index contributed by atoms with van der Waals surface area (Å²) in [6, 6.07) is 1.74. The highest BCUT2D eigenvalue weighted by molar-refractivity contribution is 5.83. The molecule has 10 nitrogen and oxygen atoms in total. The highest BCUT2D eigenvalue weighted by Crippen LogP contribution is 2.39. The van der Waals surface area contributed by atoms with Crippen LogP contribution < -0.4 is 10.2 Å². The monoisotopic (exact) mass is 479 g/mol. The Morgan fingerprint density at radius 3 is 2.59 bits per heavy atom. The van der Waals surface area contributed by atoms with E-state index in [1.54, 1.807) is 4.57 Å². The molecule has 0 amide bonds. The van der Waals surface area contributed by atoms with Crippen LogP contribution in [0.1, 0.15) is 31.4 Å². The van der Waals surface area contributed by atoms with Crippen LogP contribution in [0.5, 0.6) is 0 Å². The number of aromatic nitrogens is 5.